The number of aromatic nitrogens is 1. The van der Waals surface area contributed by atoms with Gasteiger partial charge in [0, 0.05) is 24.4 Å². The van der Waals surface area contributed by atoms with Gasteiger partial charge in [-0.25, -0.2) is 4.79 Å². The number of carboxylic acids is 1. The second-order valence-corrected chi connectivity index (χ2v) is 12.8. The molecule has 6 rings (SSSR count). The first-order chi connectivity index (χ1) is 20.4. The Labute approximate surface area is 246 Å². The van der Waals surface area contributed by atoms with E-state index in [-0.39, 0.29) is 48.8 Å². The van der Waals surface area contributed by atoms with E-state index in [2.05, 4.69) is 0 Å². The zero-order chi connectivity index (χ0) is 29.2. The maximum atomic E-state index is 14.1. The maximum absolute atomic E-state index is 14.1. The Hall–Kier alpha value is -3.36. The molecule has 0 radical (unpaired) electrons. The molecule has 2 aliphatic heterocycles. The number of pyridine rings is 1. The standard InChI is InChI=1S/C33H42N2O7/c36-30-19-26(21-9-3-4-10-21)32(38)35-20-24(18-27(35)33(39)40)41-29-17-23-12-5-6-14-25(23)31(37)34(29)16-7-1-2-11-22-13-8-15-28(22)42-30/h5-6,12,14,17,21-22,24,26-28H,1-4,7-11,13,15-16,18-20H2,(H,39,40)/t22-,24-,26+,27+,28-/m1/s1. The van der Waals surface area contributed by atoms with Gasteiger partial charge in [-0.1, -0.05) is 43.9 Å². The fourth-order valence-corrected chi connectivity index (χ4v) is 7.88. The molecular formula is C33H42N2O7. The molecule has 2 bridgehead atoms. The van der Waals surface area contributed by atoms with Crippen molar-refractivity contribution < 1.29 is 29.0 Å². The minimum absolute atomic E-state index is 0.00863. The maximum Gasteiger partial charge on any atom is 0.326 e. The highest BCUT2D eigenvalue weighted by molar-refractivity contribution is 5.88. The van der Waals surface area contributed by atoms with Crippen LogP contribution in [0.15, 0.2) is 35.1 Å². The van der Waals surface area contributed by atoms with Gasteiger partial charge in [-0.05, 0) is 68.2 Å². The highest BCUT2D eigenvalue weighted by Gasteiger charge is 2.46. The van der Waals surface area contributed by atoms with E-state index in [0.717, 1.165) is 76.0 Å². The first kappa shape index (κ1) is 28.7. The zero-order valence-corrected chi connectivity index (χ0v) is 24.2. The summed E-state index contributed by atoms with van der Waals surface area (Å²) < 4.78 is 14.1. The zero-order valence-electron chi connectivity index (χ0n) is 24.2. The van der Waals surface area contributed by atoms with Crippen LogP contribution in [0.2, 0.25) is 0 Å². The summed E-state index contributed by atoms with van der Waals surface area (Å²) in [5.41, 5.74) is -0.123. The Morgan fingerprint density at radius 3 is 2.40 bits per heavy atom. The second-order valence-electron chi connectivity index (χ2n) is 12.8. The first-order valence-electron chi connectivity index (χ1n) is 15.9. The number of ether oxygens (including phenoxy) is 2. The monoisotopic (exact) mass is 578 g/mol. The molecule has 3 heterocycles. The first-order valence-corrected chi connectivity index (χ1v) is 15.9. The molecule has 0 unspecified atom stereocenters. The number of fused-ring (bicyclic) bond motifs is 5. The van der Waals surface area contributed by atoms with Crippen molar-refractivity contribution in [2.45, 2.75) is 108 Å². The van der Waals surface area contributed by atoms with Crippen molar-refractivity contribution in [1.82, 2.24) is 9.47 Å². The molecule has 2 aliphatic carbocycles. The van der Waals surface area contributed by atoms with Crippen LogP contribution in [-0.4, -0.2) is 57.2 Å². The highest BCUT2D eigenvalue weighted by Crippen LogP contribution is 2.38. The lowest BCUT2D eigenvalue weighted by Gasteiger charge is -2.30. The minimum atomic E-state index is -1.09. The molecule has 3 fully saturated rings. The molecule has 1 N–H and O–H groups in total. The van der Waals surface area contributed by atoms with Crippen LogP contribution >= 0.6 is 0 Å². The van der Waals surface area contributed by atoms with Gasteiger partial charge < -0.3 is 19.5 Å². The predicted octanol–water partition coefficient (Wildman–Crippen LogP) is 4.92. The summed E-state index contributed by atoms with van der Waals surface area (Å²) >= 11 is 0. The molecule has 5 atom stereocenters. The predicted molar refractivity (Wildman–Crippen MR) is 156 cm³/mol. The molecule has 1 aromatic heterocycles. The quantitative estimate of drug-likeness (QED) is 0.503. The van der Waals surface area contributed by atoms with Crippen molar-refractivity contribution >= 4 is 28.6 Å². The number of benzene rings is 1. The summed E-state index contributed by atoms with van der Waals surface area (Å²) in [6, 6.07) is 8.22. The molecule has 1 saturated heterocycles. The third-order valence-corrected chi connectivity index (χ3v) is 10.1. The van der Waals surface area contributed by atoms with Crippen molar-refractivity contribution in [2.75, 3.05) is 6.54 Å². The van der Waals surface area contributed by atoms with E-state index in [1.165, 1.54) is 4.90 Å². The van der Waals surface area contributed by atoms with Crippen molar-refractivity contribution in [3.8, 4) is 5.88 Å². The number of nitrogens with zero attached hydrogens (tertiary/aromatic N) is 2. The van der Waals surface area contributed by atoms with Gasteiger partial charge in [-0.3, -0.25) is 19.0 Å². The molecule has 9 nitrogen and oxygen atoms in total. The smallest absolute Gasteiger partial charge is 0.326 e. The Bertz CT molecular complexity index is 1380. The largest absolute Gasteiger partial charge is 0.480 e. The number of hydrogen-bond acceptors (Lipinski definition) is 6. The fourth-order valence-electron chi connectivity index (χ4n) is 7.88. The average molecular weight is 579 g/mol. The van der Waals surface area contributed by atoms with E-state index in [1.54, 1.807) is 4.57 Å². The molecule has 1 aromatic carbocycles. The molecule has 4 aliphatic rings. The van der Waals surface area contributed by atoms with E-state index < -0.39 is 24.0 Å². The summed E-state index contributed by atoms with van der Waals surface area (Å²) in [5.74, 6) is -1.55. The Morgan fingerprint density at radius 1 is 0.857 bits per heavy atom. The molecule has 42 heavy (non-hydrogen) atoms. The van der Waals surface area contributed by atoms with Gasteiger partial charge in [0.25, 0.3) is 5.56 Å². The number of amides is 1. The van der Waals surface area contributed by atoms with Crippen LogP contribution in [0.5, 0.6) is 5.88 Å². The van der Waals surface area contributed by atoms with Crippen LogP contribution in [0.1, 0.15) is 83.5 Å². The van der Waals surface area contributed by atoms with Crippen molar-refractivity contribution in [3.63, 3.8) is 0 Å². The van der Waals surface area contributed by atoms with Crippen LogP contribution in [0.4, 0.5) is 0 Å². The number of carbonyl (C=O) groups excluding carboxylic acids is 2. The van der Waals surface area contributed by atoms with Crippen molar-refractivity contribution in [2.24, 2.45) is 17.8 Å². The van der Waals surface area contributed by atoms with E-state index in [1.807, 2.05) is 30.3 Å². The molecule has 226 valence electrons. The van der Waals surface area contributed by atoms with Gasteiger partial charge in [-0.2, -0.15) is 0 Å². The Kier molecular flexibility index (Phi) is 8.54. The molecule has 2 saturated carbocycles. The van der Waals surface area contributed by atoms with Crippen LogP contribution in [-0.2, 0) is 25.7 Å². The molecule has 2 aromatic rings. The van der Waals surface area contributed by atoms with Gasteiger partial charge in [0.05, 0.1) is 18.9 Å². The highest BCUT2D eigenvalue weighted by atomic mass is 16.5. The summed E-state index contributed by atoms with van der Waals surface area (Å²) in [5, 5.41) is 11.5. The van der Waals surface area contributed by atoms with E-state index in [0.29, 0.717) is 23.7 Å². The SMILES string of the molecule is O=C1C[C@@H](C2CCCC2)C(=O)N2C[C@@H](C[C@H]2C(=O)O)Oc2cc3ccccc3c(=O)n2CCCCC[C@@H]2CCC[C@H]2O1. The lowest BCUT2D eigenvalue weighted by Crippen LogP contribution is -2.46. The van der Waals surface area contributed by atoms with Gasteiger partial charge in [0.15, 0.2) is 5.88 Å². The van der Waals surface area contributed by atoms with Gasteiger partial charge >= 0.3 is 11.9 Å². The van der Waals surface area contributed by atoms with Crippen molar-refractivity contribution in [1.29, 1.82) is 0 Å². The summed E-state index contributed by atoms with van der Waals surface area (Å²) in [6.45, 7) is 0.587. The number of carboxylic acid groups (broad SMARTS) is 1. The number of aliphatic carboxylic acids is 1. The van der Waals surface area contributed by atoms with E-state index >= 15 is 0 Å². The van der Waals surface area contributed by atoms with Crippen LogP contribution in [0.3, 0.4) is 0 Å². The van der Waals surface area contributed by atoms with Gasteiger partial charge in [0.1, 0.15) is 18.2 Å². The van der Waals surface area contributed by atoms with Gasteiger partial charge in [-0.15, -0.1) is 0 Å². The van der Waals surface area contributed by atoms with Crippen LogP contribution in [0.25, 0.3) is 10.8 Å². The van der Waals surface area contributed by atoms with E-state index in [4.69, 9.17) is 9.47 Å². The molecular weight excluding hydrogens is 536 g/mol. The molecule has 9 heteroatoms. The summed E-state index contributed by atoms with van der Waals surface area (Å²) in [4.78, 5) is 54.7. The third-order valence-electron chi connectivity index (χ3n) is 10.1. The average Bonchev–Trinajstić information content (AvgIpc) is 3.74. The van der Waals surface area contributed by atoms with Crippen LogP contribution in [0, 0.1) is 17.8 Å². The third kappa shape index (κ3) is 5.92. The normalized spacial score (nSPS) is 29.8. The topological polar surface area (TPSA) is 115 Å². The number of esters is 1. The number of rotatable bonds is 2. The Morgan fingerprint density at radius 2 is 1.60 bits per heavy atom. The lowest BCUT2D eigenvalue weighted by atomic mass is 9.86. The fraction of sp³-hybridized carbons (Fsp3) is 0.636. The van der Waals surface area contributed by atoms with E-state index in [9.17, 15) is 24.3 Å². The molecule has 0 spiro atoms. The Balaban J connectivity index is 1.34. The number of hydrogen-bond donors (Lipinski definition) is 1. The lowest BCUT2D eigenvalue weighted by molar-refractivity contribution is -0.157. The van der Waals surface area contributed by atoms with Crippen molar-refractivity contribution in [3.05, 3.63) is 40.7 Å². The summed E-state index contributed by atoms with van der Waals surface area (Å²) in [7, 11) is 0. The van der Waals surface area contributed by atoms with Gasteiger partial charge in [0.2, 0.25) is 5.91 Å². The number of carbonyl (C=O) groups is 3. The summed E-state index contributed by atoms with van der Waals surface area (Å²) in [6.07, 6.45) is 9.69. The molecule has 1 amide bonds. The minimum Gasteiger partial charge on any atom is -0.480 e. The second kappa shape index (κ2) is 12.5. The van der Waals surface area contributed by atoms with Crippen LogP contribution < -0.4 is 10.3 Å².